The van der Waals surface area contributed by atoms with Crippen LogP contribution in [0.5, 0.6) is 0 Å². The van der Waals surface area contributed by atoms with Gasteiger partial charge >= 0.3 is 0 Å². The highest BCUT2D eigenvalue weighted by molar-refractivity contribution is 7.99. The lowest BCUT2D eigenvalue weighted by Crippen LogP contribution is -2.53. The van der Waals surface area contributed by atoms with Gasteiger partial charge in [-0.1, -0.05) is 65.6 Å². The predicted octanol–water partition coefficient (Wildman–Crippen LogP) is 9.24. The van der Waals surface area contributed by atoms with Gasteiger partial charge in [-0.05, 0) is 116 Å². The van der Waals surface area contributed by atoms with Crippen molar-refractivity contribution in [1.82, 2.24) is 9.97 Å². The second-order valence-corrected chi connectivity index (χ2v) is 15.0. The third-order valence-corrected chi connectivity index (χ3v) is 13.0. The van der Waals surface area contributed by atoms with Crippen molar-refractivity contribution in [2.24, 2.45) is 58.2 Å². The number of nitrogens with one attached hydrogen (secondary N) is 1. The van der Waals surface area contributed by atoms with E-state index in [0.717, 1.165) is 52.5 Å². The first kappa shape index (κ1) is 25.2. The van der Waals surface area contributed by atoms with Gasteiger partial charge in [0.25, 0.3) is 0 Å². The van der Waals surface area contributed by atoms with E-state index in [0.29, 0.717) is 10.8 Å². The fourth-order valence-electron chi connectivity index (χ4n) is 10.0. The summed E-state index contributed by atoms with van der Waals surface area (Å²) in [5.74, 6) is 8.97. The van der Waals surface area contributed by atoms with Crippen LogP contribution in [0, 0.1) is 58.2 Å². The molecule has 9 atom stereocenters. The second kappa shape index (κ2) is 10.1. The molecule has 3 unspecified atom stereocenters. The van der Waals surface area contributed by atoms with Crippen LogP contribution in [0.4, 0.5) is 0 Å². The van der Waals surface area contributed by atoms with Crippen LogP contribution in [0.25, 0.3) is 0 Å². The van der Waals surface area contributed by atoms with Crippen molar-refractivity contribution in [3.05, 3.63) is 12.4 Å². The maximum Gasteiger partial charge on any atom is 0.165 e. The Morgan fingerprint density at radius 2 is 1.76 bits per heavy atom. The molecule has 2 nitrogen and oxygen atoms in total. The van der Waals surface area contributed by atoms with Crippen LogP contribution in [0.1, 0.15) is 112 Å². The molecule has 1 heterocycles. The molecule has 0 amide bonds. The molecule has 5 rings (SSSR count). The van der Waals surface area contributed by atoms with E-state index >= 15 is 0 Å². The van der Waals surface area contributed by atoms with Crippen LogP contribution in [-0.4, -0.2) is 15.7 Å². The zero-order chi connectivity index (χ0) is 23.9. The molecule has 0 radical (unpaired) electrons. The Bertz CT molecular complexity index is 789. The van der Waals surface area contributed by atoms with Crippen LogP contribution in [0.15, 0.2) is 17.6 Å². The van der Waals surface area contributed by atoms with Gasteiger partial charge in [-0.3, -0.25) is 0 Å². The van der Waals surface area contributed by atoms with Crippen molar-refractivity contribution in [3.63, 3.8) is 0 Å². The molecule has 34 heavy (non-hydrogen) atoms. The molecule has 4 aliphatic carbocycles. The molecule has 0 spiro atoms. The van der Waals surface area contributed by atoms with E-state index in [2.05, 4.69) is 44.6 Å². The van der Waals surface area contributed by atoms with Crippen molar-refractivity contribution >= 4 is 11.8 Å². The number of H-pyrrole nitrogens is 1. The number of aromatic nitrogens is 2. The van der Waals surface area contributed by atoms with Gasteiger partial charge in [0.05, 0.1) is 0 Å². The van der Waals surface area contributed by atoms with Crippen LogP contribution in [0.3, 0.4) is 0 Å². The molecule has 1 aromatic rings. The predicted molar refractivity (Wildman–Crippen MR) is 146 cm³/mol. The minimum absolute atomic E-state index is 0.622. The molecular weight excluding hydrogens is 432 g/mol. The molecule has 0 aromatic carbocycles. The summed E-state index contributed by atoms with van der Waals surface area (Å²) in [4.78, 5) is 7.72. The normalized spacial score (nSPS) is 42.8. The molecule has 0 aliphatic heterocycles. The topological polar surface area (TPSA) is 28.7 Å². The number of hydrogen-bond acceptors (Lipinski definition) is 2. The first-order chi connectivity index (χ1) is 16.3. The Morgan fingerprint density at radius 1 is 0.971 bits per heavy atom. The van der Waals surface area contributed by atoms with E-state index in [4.69, 9.17) is 0 Å². The highest BCUT2D eigenvalue weighted by Gasteiger charge is 2.60. The Hall–Kier alpha value is -0.440. The van der Waals surface area contributed by atoms with Gasteiger partial charge in [0.1, 0.15) is 0 Å². The first-order valence-electron chi connectivity index (χ1n) is 14.9. The maximum absolute atomic E-state index is 4.44. The first-order valence-corrected chi connectivity index (χ1v) is 15.9. The zero-order valence-electron chi connectivity index (χ0n) is 22.8. The SMILES string of the molecule is CC(C)CCC[C@@H](C)[C@H]1CCC2C3CC[C@H]4C[C@H](CSc5ncc[nH]5)CC[C@]4(C)C3CC[C@@]21C. The summed E-state index contributed by atoms with van der Waals surface area (Å²) >= 11 is 1.95. The smallest absolute Gasteiger partial charge is 0.165 e. The van der Waals surface area contributed by atoms with Crippen molar-refractivity contribution < 1.29 is 0 Å². The largest absolute Gasteiger partial charge is 0.340 e. The van der Waals surface area contributed by atoms with Gasteiger partial charge in [0.15, 0.2) is 5.16 Å². The highest BCUT2D eigenvalue weighted by atomic mass is 32.2. The Morgan fingerprint density at radius 3 is 2.53 bits per heavy atom. The summed E-state index contributed by atoms with van der Waals surface area (Å²) < 4.78 is 0. The minimum atomic E-state index is 0.622. The van der Waals surface area contributed by atoms with Gasteiger partial charge in [0, 0.05) is 18.1 Å². The van der Waals surface area contributed by atoms with E-state index in [-0.39, 0.29) is 0 Å². The summed E-state index contributed by atoms with van der Waals surface area (Å²) in [5, 5.41) is 1.11. The zero-order valence-corrected chi connectivity index (χ0v) is 23.6. The summed E-state index contributed by atoms with van der Waals surface area (Å²) in [6, 6.07) is 0. The van der Waals surface area contributed by atoms with Gasteiger partial charge in [-0.15, -0.1) is 0 Å². The Balaban J connectivity index is 1.21. The van der Waals surface area contributed by atoms with Crippen molar-refractivity contribution in [2.75, 3.05) is 5.75 Å². The van der Waals surface area contributed by atoms with Crippen LogP contribution in [-0.2, 0) is 0 Å². The number of hydrogen-bond donors (Lipinski definition) is 1. The Labute approximate surface area is 214 Å². The maximum atomic E-state index is 4.44. The average Bonchev–Trinajstić information content (AvgIpc) is 3.44. The molecule has 0 saturated heterocycles. The molecule has 4 saturated carbocycles. The summed E-state index contributed by atoms with van der Waals surface area (Å²) in [5.41, 5.74) is 1.26. The number of rotatable bonds is 8. The fraction of sp³-hybridized carbons (Fsp3) is 0.903. The van der Waals surface area contributed by atoms with Gasteiger partial charge < -0.3 is 4.98 Å². The summed E-state index contributed by atoms with van der Waals surface area (Å²) in [6.07, 6.45) is 21.8. The fourth-order valence-corrected chi connectivity index (χ4v) is 11.0. The van der Waals surface area contributed by atoms with Crippen molar-refractivity contribution in [1.29, 1.82) is 0 Å². The number of nitrogens with zero attached hydrogens (tertiary/aromatic N) is 1. The monoisotopic (exact) mass is 484 g/mol. The number of aromatic amines is 1. The van der Waals surface area contributed by atoms with E-state index in [1.165, 1.54) is 76.4 Å². The van der Waals surface area contributed by atoms with E-state index in [1.54, 1.807) is 6.42 Å². The number of fused-ring (bicyclic) bond motifs is 5. The van der Waals surface area contributed by atoms with Crippen LogP contribution in [0.2, 0.25) is 0 Å². The third kappa shape index (κ3) is 4.66. The number of imidazole rings is 1. The number of thioether (sulfide) groups is 1. The molecule has 3 heteroatoms. The summed E-state index contributed by atoms with van der Waals surface area (Å²) in [7, 11) is 0. The molecule has 1 aromatic heterocycles. The standard InChI is InChI=1S/C31H52N2S/c1-21(2)7-6-8-22(3)26-11-12-27-25-10-9-24-19-23(20-34-29-32-17-18-33-29)13-15-30(24,4)28(25)14-16-31(26,27)5/h17-18,21-28H,6-16,19-20H2,1-5H3,(H,32,33)/t22-,23-,24+,25?,26-,27?,28?,30+,31-/m1/s1. The second-order valence-electron chi connectivity index (χ2n) is 14.0. The minimum Gasteiger partial charge on any atom is -0.340 e. The van der Waals surface area contributed by atoms with Crippen LogP contribution >= 0.6 is 11.8 Å². The molecule has 192 valence electrons. The van der Waals surface area contributed by atoms with Crippen molar-refractivity contribution in [3.8, 4) is 0 Å². The molecular formula is C31H52N2S. The lowest BCUT2D eigenvalue weighted by molar-refractivity contribution is -0.120. The lowest BCUT2D eigenvalue weighted by atomic mass is 9.44. The van der Waals surface area contributed by atoms with E-state index in [1.807, 2.05) is 24.2 Å². The molecule has 1 N–H and O–H groups in total. The molecule has 4 fully saturated rings. The average molecular weight is 485 g/mol. The van der Waals surface area contributed by atoms with Gasteiger partial charge in [0.2, 0.25) is 0 Å². The van der Waals surface area contributed by atoms with Gasteiger partial charge in [-0.2, -0.15) is 0 Å². The van der Waals surface area contributed by atoms with Gasteiger partial charge in [-0.25, -0.2) is 4.98 Å². The van der Waals surface area contributed by atoms with E-state index in [9.17, 15) is 0 Å². The summed E-state index contributed by atoms with van der Waals surface area (Å²) in [6.45, 7) is 12.9. The van der Waals surface area contributed by atoms with Crippen molar-refractivity contribution in [2.45, 2.75) is 117 Å². The third-order valence-electron chi connectivity index (χ3n) is 11.9. The highest BCUT2D eigenvalue weighted by Crippen LogP contribution is 2.68. The van der Waals surface area contributed by atoms with E-state index < -0.39 is 0 Å². The molecule has 0 bridgehead atoms. The van der Waals surface area contributed by atoms with Crippen LogP contribution < -0.4 is 0 Å². The Kier molecular flexibility index (Phi) is 7.52. The lowest BCUT2D eigenvalue weighted by Gasteiger charge is -2.61. The quantitative estimate of drug-likeness (QED) is 0.372. The molecule has 4 aliphatic rings.